The molecule has 8 nitrogen and oxygen atoms in total. The van der Waals surface area contributed by atoms with E-state index in [0.717, 1.165) is 55.5 Å². The number of carbonyl (C=O) groups excluding carboxylic acids is 1. The van der Waals surface area contributed by atoms with E-state index in [1.807, 2.05) is 48.6 Å². The first kappa shape index (κ1) is 23.4. The first-order chi connectivity index (χ1) is 15.6. The minimum Gasteiger partial charge on any atom is -0.497 e. The second kappa shape index (κ2) is 12.0. The number of hydrogen-bond donors (Lipinski definition) is 2. The van der Waals surface area contributed by atoms with Crippen molar-refractivity contribution < 1.29 is 23.7 Å². The Hall–Kier alpha value is -3.23. The molecule has 8 heteroatoms. The van der Waals surface area contributed by atoms with Gasteiger partial charge < -0.3 is 29.6 Å². The van der Waals surface area contributed by atoms with Crippen LogP contribution in [0.25, 0.3) is 12.2 Å². The molecule has 2 amide bonds. The lowest BCUT2D eigenvalue weighted by Crippen LogP contribution is -2.42. The predicted molar refractivity (Wildman–Crippen MR) is 126 cm³/mol. The number of ether oxygens (including phenoxy) is 4. The van der Waals surface area contributed by atoms with Crippen molar-refractivity contribution in [3.63, 3.8) is 0 Å². The van der Waals surface area contributed by atoms with Crippen LogP contribution in [0.3, 0.4) is 0 Å². The standard InChI is InChI=1S/C24H31N3O5/c1-29-20-14-19(15-21(17-20)30-2)5-4-18-6-7-23(31-3)22(16-18)26-24(28)25-8-9-27-10-12-32-13-11-27/h4-7,14-17H,8-13H2,1-3H3,(H2,25,26,28)/b5-4-. The smallest absolute Gasteiger partial charge is 0.319 e. The molecule has 32 heavy (non-hydrogen) atoms. The molecule has 0 aromatic heterocycles. The fourth-order valence-electron chi connectivity index (χ4n) is 3.36. The van der Waals surface area contributed by atoms with Crippen LogP contribution < -0.4 is 24.8 Å². The number of methoxy groups -OCH3 is 3. The molecule has 0 bridgehead atoms. The van der Waals surface area contributed by atoms with E-state index in [1.54, 1.807) is 21.3 Å². The summed E-state index contributed by atoms with van der Waals surface area (Å²) in [4.78, 5) is 14.7. The van der Waals surface area contributed by atoms with Gasteiger partial charge in [0.05, 0.1) is 40.2 Å². The van der Waals surface area contributed by atoms with Gasteiger partial charge in [-0.1, -0.05) is 18.2 Å². The normalized spacial score (nSPS) is 14.2. The number of nitrogens with one attached hydrogen (secondary N) is 2. The van der Waals surface area contributed by atoms with Gasteiger partial charge in [0, 0.05) is 32.2 Å². The number of nitrogens with zero attached hydrogens (tertiary/aromatic N) is 1. The highest BCUT2D eigenvalue weighted by Crippen LogP contribution is 2.27. The fourth-order valence-corrected chi connectivity index (χ4v) is 3.36. The summed E-state index contributed by atoms with van der Waals surface area (Å²) in [5, 5.41) is 5.78. The molecule has 0 unspecified atom stereocenters. The molecule has 0 spiro atoms. The zero-order valence-corrected chi connectivity index (χ0v) is 18.8. The number of hydrogen-bond acceptors (Lipinski definition) is 6. The van der Waals surface area contributed by atoms with Gasteiger partial charge in [-0.2, -0.15) is 0 Å². The number of amides is 2. The van der Waals surface area contributed by atoms with E-state index in [4.69, 9.17) is 18.9 Å². The van der Waals surface area contributed by atoms with Crippen molar-refractivity contribution in [1.29, 1.82) is 0 Å². The Morgan fingerprint density at radius 2 is 1.66 bits per heavy atom. The van der Waals surface area contributed by atoms with Crippen LogP contribution in [0, 0.1) is 0 Å². The maximum Gasteiger partial charge on any atom is 0.319 e. The Bertz CT molecular complexity index is 904. The quantitative estimate of drug-likeness (QED) is 0.581. The third kappa shape index (κ3) is 6.90. The summed E-state index contributed by atoms with van der Waals surface area (Å²) in [7, 11) is 4.82. The second-order valence-electron chi connectivity index (χ2n) is 7.27. The Morgan fingerprint density at radius 1 is 0.969 bits per heavy atom. The van der Waals surface area contributed by atoms with Crippen LogP contribution in [0.1, 0.15) is 11.1 Å². The Morgan fingerprint density at radius 3 is 2.31 bits per heavy atom. The predicted octanol–water partition coefficient (Wildman–Crippen LogP) is 3.34. The van der Waals surface area contributed by atoms with Crippen LogP contribution in [0.4, 0.5) is 10.5 Å². The summed E-state index contributed by atoms with van der Waals surface area (Å²) in [5.74, 6) is 2.03. The Kier molecular flexibility index (Phi) is 8.77. The molecule has 1 heterocycles. The third-order valence-corrected chi connectivity index (χ3v) is 5.13. The van der Waals surface area contributed by atoms with Crippen molar-refractivity contribution in [3.8, 4) is 17.2 Å². The first-order valence-electron chi connectivity index (χ1n) is 10.6. The van der Waals surface area contributed by atoms with E-state index in [2.05, 4.69) is 15.5 Å². The van der Waals surface area contributed by atoms with Gasteiger partial charge in [0.25, 0.3) is 0 Å². The molecule has 2 aromatic rings. The minimum atomic E-state index is -0.268. The maximum absolute atomic E-state index is 12.4. The number of carbonyl (C=O) groups is 1. The lowest BCUT2D eigenvalue weighted by atomic mass is 10.1. The van der Waals surface area contributed by atoms with Gasteiger partial charge in [-0.15, -0.1) is 0 Å². The van der Waals surface area contributed by atoms with Crippen LogP contribution in [0.15, 0.2) is 36.4 Å². The highest BCUT2D eigenvalue weighted by Gasteiger charge is 2.11. The third-order valence-electron chi connectivity index (χ3n) is 5.13. The lowest BCUT2D eigenvalue weighted by molar-refractivity contribution is 0.0388. The number of benzene rings is 2. The SMILES string of the molecule is COc1cc(/C=C\c2ccc(OC)c(NC(=O)NCCN3CCOCC3)c2)cc(OC)c1. The van der Waals surface area contributed by atoms with Crippen LogP contribution in [0.2, 0.25) is 0 Å². The molecule has 3 rings (SSSR count). The Balaban J connectivity index is 1.63. The van der Waals surface area contributed by atoms with Crippen molar-refractivity contribution in [2.24, 2.45) is 0 Å². The summed E-state index contributed by atoms with van der Waals surface area (Å²) in [6, 6.07) is 11.0. The molecule has 1 fully saturated rings. The van der Waals surface area contributed by atoms with Crippen molar-refractivity contribution in [2.75, 3.05) is 66.0 Å². The van der Waals surface area contributed by atoms with Gasteiger partial charge in [0.15, 0.2) is 0 Å². The number of rotatable bonds is 9. The fraction of sp³-hybridized carbons (Fsp3) is 0.375. The van der Waals surface area contributed by atoms with E-state index >= 15 is 0 Å². The summed E-state index contributed by atoms with van der Waals surface area (Å²) >= 11 is 0. The van der Waals surface area contributed by atoms with Crippen LogP contribution in [-0.4, -0.2) is 71.7 Å². The zero-order chi connectivity index (χ0) is 22.8. The van der Waals surface area contributed by atoms with Gasteiger partial charge in [-0.05, 0) is 35.4 Å². The summed E-state index contributed by atoms with van der Waals surface area (Å²) in [5.41, 5.74) is 2.45. The molecule has 2 aromatic carbocycles. The van der Waals surface area contributed by atoms with E-state index in [0.29, 0.717) is 18.0 Å². The first-order valence-corrected chi connectivity index (χ1v) is 10.6. The molecule has 0 atom stereocenters. The topological polar surface area (TPSA) is 81.3 Å². The lowest BCUT2D eigenvalue weighted by Gasteiger charge is -2.26. The largest absolute Gasteiger partial charge is 0.497 e. The van der Waals surface area contributed by atoms with Gasteiger partial charge in [-0.3, -0.25) is 4.90 Å². The van der Waals surface area contributed by atoms with Crippen LogP contribution >= 0.6 is 0 Å². The summed E-state index contributed by atoms with van der Waals surface area (Å²) in [6.45, 7) is 4.62. The molecule has 1 saturated heterocycles. The number of anilines is 1. The van der Waals surface area contributed by atoms with Crippen molar-refractivity contribution in [3.05, 3.63) is 47.5 Å². The molecule has 0 radical (unpaired) electrons. The Labute approximate surface area is 189 Å². The van der Waals surface area contributed by atoms with E-state index in [-0.39, 0.29) is 6.03 Å². The number of morpholine rings is 1. The molecule has 1 aliphatic heterocycles. The van der Waals surface area contributed by atoms with E-state index in [9.17, 15) is 4.79 Å². The molecular formula is C24H31N3O5. The van der Waals surface area contributed by atoms with Gasteiger partial charge in [0.1, 0.15) is 17.2 Å². The molecule has 0 aliphatic carbocycles. The van der Waals surface area contributed by atoms with Crippen molar-refractivity contribution in [1.82, 2.24) is 10.2 Å². The van der Waals surface area contributed by atoms with Gasteiger partial charge in [0.2, 0.25) is 0 Å². The molecule has 1 aliphatic rings. The van der Waals surface area contributed by atoms with Gasteiger partial charge in [-0.25, -0.2) is 4.79 Å². The molecule has 0 saturated carbocycles. The van der Waals surface area contributed by atoms with Crippen molar-refractivity contribution in [2.45, 2.75) is 0 Å². The second-order valence-corrected chi connectivity index (χ2v) is 7.27. The summed E-state index contributed by atoms with van der Waals surface area (Å²) < 4.78 is 21.4. The molecule has 2 N–H and O–H groups in total. The van der Waals surface area contributed by atoms with Crippen LogP contribution in [-0.2, 0) is 4.74 Å². The molecule has 172 valence electrons. The van der Waals surface area contributed by atoms with E-state index < -0.39 is 0 Å². The monoisotopic (exact) mass is 441 g/mol. The maximum atomic E-state index is 12.4. The zero-order valence-electron chi connectivity index (χ0n) is 18.8. The highest BCUT2D eigenvalue weighted by atomic mass is 16.5. The van der Waals surface area contributed by atoms with Crippen LogP contribution in [0.5, 0.6) is 17.2 Å². The molecular weight excluding hydrogens is 410 g/mol. The average molecular weight is 442 g/mol. The number of urea groups is 1. The highest BCUT2D eigenvalue weighted by molar-refractivity contribution is 5.91. The van der Waals surface area contributed by atoms with Gasteiger partial charge >= 0.3 is 6.03 Å². The van der Waals surface area contributed by atoms with Crippen molar-refractivity contribution >= 4 is 23.9 Å². The average Bonchev–Trinajstić information content (AvgIpc) is 2.83. The van der Waals surface area contributed by atoms with E-state index in [1.165, 1.54) is 0 Å². The summed E-state index contributed by atoms with van der Waals surface area (Å²) in [6.07, 6.45) is 3.91. The minimum absolute atomic E-state index is 0.268.